The van der Waals surface area contributed by atoms with E-state index in [9.17, 15) is 14.4 Å². The lowest BCUT2D eigenvalue weighted by molar-refractivity contribution is -0.151. The van der Waals surface area contributed by atoms with E-state index < -0.39 is 11.9 Å². The van der Waals surface area contributed by atoms with Crippen molar-refractivity contribution >= 4 is 29.2 Å². The average molecular weight is 424 g/mol. The van der Waals surface area contributed by atoms with Gasteiger partial charge >= 0.3 is 5.97 Å². The molecule has 1 heterocycles. The van der Waals surface area contributed by atoms with Gasteiger partial charge in [0.25, 0.3) is 5.91 Å². The van der Waals surface area contributed by atoms with Gasteiger partial charge in [0.05, 0.1) is 12.5 Å². The van der Waals surface area contributed by atoms with E-state index in [0.717, 1.165) is 11.4 Å². The van der Waals surface area contributed by atoms with Gasteiger partial charge in [0.2, 0.25) is 5.91 Å². The number of nitrogens with zero attached hydrogens (tertiary/aromatic N) is 2. The molecule has 1 unspecified atom stereocenters. The Morgan fingerprint density at radius 2 is 1.77 bits per heavy atom. The highest BCUT2D eigenvalue weighted by molar-refractivity contribution is 6.00. The van der Waals surface area contributed by atoms with Crippen LogP contribution in [-0.4, -0.2) is 43.6 Å². The van der Waals surface area contributed by atoms with Gasteiger partial charge in [-0.05, 0) is 57.2 Å². The minimum atomic E-state index is -0.601. The van der Waals surface area contributed by atoms with Crippen molar-refractivity contribution in [3.63, 3.8) is 0 Å². The zero-order valence-electron chi connectivity index (χ0n) is 18.1. The van der Waals surface area contributed by atoms with Crippen LogP contribution in [-0.2, 0) is 19.1 Å². The molecule has 1 saturated heterocycles. The van der Waals surface area contributed by atoms with Crippen molar-refractivity contribution in [1.29, 1.82) is 0 Å². The van der Waals surface area contributed by atoms with Crippen molar-refractivity contribution in [3.8, 4) is 5.75 Å². The molecule has 7 nitrogen and oxygen atoms in total. The van der Waals surface area contributed by atoms with Crippen LogP contribution in [0.25, 0.3) is 0 Å². The third-order valence-electron chi connectivity index (χ3n) is 5.08. The highest BCUT2D eigenvalue weighted by atomic mass is 16.5. The molecule has 164 valence electrons. The average Bonchev–Trinajstić information content (AvgIpc) is 3.15. The molecule has 0 aliphatic carbocycles. The van der Waals surface area contributed by atoms with Crippen LogP contribution in [0.1, 0.15) is 27.2 Å². The first-order chi connectivity index (χ1) is 14.9. The second-order valence-electron chi connectivity index (χ2n) is 7.63. The zero-order valence-corrected chi connectivity index (χ0v) is 18.1. The van der Waals surface area contributed by atoms with Crippen LogP contribution in [0.15, 0.2) is 54.6 Å². The number of rotatable bonds is 8. The molecule has 1 aliphatic rings. The Labute approximate surface area is 182 Å². The summed E-state index contributed by atoms with van der Waals surface area (Å²) in [7, 11) is 0. The summed E-state index contributed by atoms with van der Waals surface area (Å²) >= 11 is 0. The zero-order chi connectivity index (χ0) is 22.4. The van der Waals surface area contributed by atoms with Crippen LogP contribution in [0, 0.1) is 5.92 Å². The van der Waals surface area contributed by atoms with Crippen molar-refractivity contribution in [3.05, 3.63) is 54.6 Å². The van der Waals surface area contributed by atoms with Crippen LogP contribution in [0.4, 0.5) is 11.4 Å². The Kier molecular flexibility index (Phi) is 7.28. The molecular formula is C24H28N2O5. The van der Waals surface area contributed by atoms with Crippen molar-refractivity contribution in [1.82, 2.24) is 0 Å². The smallest absolute Gasteiger partial charge is 0.311 e. The molecular weight excluding hydrogens is 396 g/mol. The summed E-state index contributed by atoms with van der Waals surface area (Å²) in [5.41, 5.74) is 1.45. The fourth-order valence-electron chi connectivity index (χ4n) is 3.64. The Hall–Kier alpha value is -3.35. The number of ether oxygens (including phenoxy) is 2. The predicted molar refractivity (Wildman–Crippen MR) is 118 cm³/mol. The normalized spacial score (nSPS) is 15.8. The molecule has 0 bridgehead atoms. The lowest BCUT2D eigenvalue weighted by Gasteiger charge is -2.26. The summed E-state index contributed by atoms with van der Waals surface area (Å²) < 4.78 is 10.7. The third-order valence-corrected chi connectivity index (χ3v) is 5.08. The van der Waals surface area contributed by atoms with E-state index in [1.807, 2.05) is 51.1 Å². The topological polar surface area (TPSA) is 76.2 Å². The molecule has 1 atom stereocenters. The Balaban J connectivity index is 1.58. The van der Waals surface area contributed by atoms with E-state index in [2.05, 4.69) is 0 Å². The fourth-order valence-corrected chi connectivity index (χ4v) is 3.64. The first-order valence-corrected chi connectivity index (χ1v) is 10.5. The summed E-state index contributed by atoms with van der Waals surface area (Å²) in [5, 5.41) is 0. The minimum absolute atomic E-state index is 0.0623. The van der Waals surface area contributed by atoms with E-state index >= 15 is 0 Å². The maximum absolute atomic E-state index is 12.7. The number of esters is 1. The first-order valence-electron chi connectivity index (χ1n) is 10.5. The molecule has 2 aromatic rings. The summed E-state index contributed by atoms with van der Waals surface area (Å²) in [6, 6.07) is 16.3. The van der Waals surface area contributed by atoms with Crippen molar-refractivity contribution in [2.75, 3.05) is 29.6 Å². The summed E-state index contributed by atoms with van der Waals surface area (Å²) in [5.74, 6) is -0.865. The fraction of sp³-hybridized carbons (Fsp3) is 0.375. The van der Waals surface area contributed by atoms with E-state index in [1.54, 1.807) is 34.1 Å². The van der Waals surface area contributed by atoms with Crippen molar-refractivity contribution < 1.29 is 23.9 Å². The number of carbonyl (C=O) groups is 3. The number of benzene rings is 2. The quantitative estimate of drug-likeness (QED) is 0.607. The van der Waals surface area contributed by atoms with Gasteiger partial charge in [-0.1, -0.05) is 18.2 Å². The second-order valence-corrected chi connectivity index (χ2v) is 7.63. The van der Waals surface area contributed by atoms with E-state index in [-0.39, 0.29) is 37.4 Å². The van der Waals surface area contributed by atoms with Crippen LogP contribution in [0.5, 0.6) is 5.75 Å². The van der Waals surface area contributed by atoms with Crippen molar-refractivity contribution in [2.24, 2.45) is 5.92 Å². The Morgan fingerprint density at radius 1 is 1.10 bits per heavy atom. The molecule has 7 heteroatoms. The highest BCUT2D eigenvalue weighted by Gasteiger charge is 2.36. The minimum Gasteiger partial charge on any atom is -0.494 e. The molecule has 0 radical (unpaired) electrons. The van der Waals surface area contributed by atoms with Gasteiger partial charge in [0.15, 0.2) is 6.61 Å². The van der Waals surface area contributed by atoms with Gasteiger partial charge < -0.3 is 19.3 Å². The number of para-hydroxylation sites is 1. The van der Waals surface area contributed by atoms with Gasteiger partial charge in [0.1, 0.15) is 5.75 Å². The molecule has 0 N–H and O–H groups in total. The number of carbonyl (C=O) groups excluding carboxylic acids is 3. The van der Waals surface area contributed by atoms with Gasteiger partial charge in [-0.25, -0.2) is 0 Å². The third kappa shape index (κ3) is 5.42. The Morgan fingerprint density at radius 3 is 2.39 bits per heavy atom. The summed E-state index contributed by atoms with van der Waals surface area (Å²) in [6.45, 7) is 6.13. The molecule has 3 rings (SSSR count). The molecule has 1 aliphatic heterocycles. The first kappa shape index (κ1) is 22.3. The lowest BCUT2D eigenvalue weighted by Crippen LogP contribution is -2.40. The maximum Gasteiger partial charge on any atom is 0.311 e. The molecule has 31 heavy (non-hydrogen) atoms. The van der Waals surface area contributed by atoms with E-state index in [4.69, 9.17) is 9.47 Å². The van der Waals surface area contributed by atoms with Gasteiger partial charge in [-0.2, -0.15) is 0 Å². The molecule has 0 aromatic heterocycles. The second kappa shape index (κ2) is 10.1. The van der Waals surface area contributed by atoms with E-state index in [0.29, 0.717) is 12.3 Å². The number of hydrogen-bond acceptors (Lipinski definition) is 5. The number of hydrogen-bond donors (Lipinski definition) is 0. The molecule has 2 amide bonds. The largest absolute Gasteiger partial charge is 0.494 e. The Bertz CT molecular complexity index is 911. The van der Waals surface area contributed by atoms with Crippen molar-refractivity contribution in [2.45, 2.75) is 33.2 Å². The van der Waals surface area contributed by atoms with Gasteiger partial charge in [-0.15, -0.1) is 0 Å². The number of anilines is 2. The van der Waals surface area contributed by atoms with Gasteiger partial charge in [-0.3, -0.25) is 14.4 Å². The van der Waals surface area contributed by atoms with Crippen LogP contribution in [0.3, 0.4) is 0 Å². The SMILES string of the molecule is CCOc1ccc(N2CC(C(=O)OCC(=O)N(c3ccccc3)C(C)C)CC2=O)cc1. The lowest BCUT2D eigenvalue weighted by atomic mass is 10.1. The number of amides is 2. The molecule has 2 aromatic carbocycles. The molecule has 0 spiro atoms. The standard InChI is InChI=1S/C24H28N2O5/c1-4-30-21-12-10-19(11-13-21)25-15-18(14-22(25)27)24(29)31-16-23(28)26(17(2)3)20-8-6-5-7-9-20/h5-13,17-18H,4,14-16H2,1-3H3. The summed E-state index contributed by atoms with van der Waals surface area (Å²) in [6.07, 6.45) is 0.0623. The highest BCUT2D eigenvalue weighted by Crippen LogP contribution is 2.27. The van der Waals surface area contributed by atoms with Crippen LogP contribution >= 0.6 is 0 Å². The van der Waals surface area contributed by atoms with E-state index in [1.165, 1.54) is 0 Å². The molecule has 0 saturated carbocycles. The van der Waals surface area contributed by atoms with Crippen LogP contribution < -0.4 is 14.5 Å². The molecule has 1 fully saturated rings. The predicted octanol–water partition coefficient (Wildman–Crippen LogP) is 3.42. The maximum atomic E-state index is 12.7. The van der Waals surface area contributed by atoms with Crippen LogP contribution in [0.2, 0.25) is 0 Å². The summed E-state index contributed by atoms with van der Waals surface area (Å²) in [4.78, 5) is 40.8. The monoisotopic (exact) mass is 424 g/mol. The van der Waals surface area contributed by atoms with Gasteiger partial charge in [0, 0.05) is 30.4 Å².